The molecule has 1 amide bonds. The van der Waals surface area contributed by atoms with Crippen molar-refractivity contribution < 1.29 is 9.53 Å². The lowest BCUT2D eigenvalue weighted by molar-refractivity contribution is -0.156. The summed E-state index contributed by atoms with van der Waals surface area (Å²) < 4.78 is 5.51. The summed E-state index contributed by atoms with van der Waals surface area (Å²) in [6.45, 7) is 1.96. The monoisotopic (exact) mass is 240 g/mol. The molecule has 0 spiro atoms. The lowest BCUT2D eigenvalue weighted by Crippen LogP contribution is -2.52. The highest BCUT2D eigenvalue weighted by atomic mass is 16.5. The molecule has 1 saturated carbocycles. The average Bonchev–Trinajstić information content (AvgIpc) is 2.61. The molecule has 4 nitrogen and oxygen atoms in total. The summed E-state index contributed by atoms with van der Waals surface area (Å²) in [5.41, 5.74) is 5.52. The average molecular weight is 240 g/mol. The van der Waals surface area contributed by atoms with Crippen molar-refractivity contribution in [3.8, 4) is 0 Å². The van der Waals surface area contributed by atoms with Crippen LogP contribution in [0.5, 0.6) is 0 Å². The number of hydrogen-bond donors (Lipinski definition) is 1. The van der Waals surface area contributed by atoms with Gasteiger partial charge in [0, 0.05) is 12.6 Å². The van der Waals surface area contributed by atoms with Crippen LogP contribution < -0.4 is 5.73 Å². The Kier molecular flexibility index (Phi) is 4.80. The third kappa shape index (κ3) is 3.19. The minimum Gasteiger partial charge on any atom is -0.366 e. The van der Waals surface area contributed by atoms with Crippen molar-refractivity contribution >= 4 is 5.91 Å². The van der Waals surface area contributed by atoms with Gasteiger partial charge in [0.25, 0.3) is 5.91 Å². The Balaban J connectivity index is 1.95. The highest BCUT2D eigenvalue weighted by molar-refractivity contribution is 5.81. The van der Waals surface area contributed by atoms with Crippen LogP contribution in [0.25, 0.3) is 0 Å². The largest absolute Gasteiger partial charge is 0.366 e. The summed E-state index contributed by atoms with van der Waals surface area (Å²) >= 11 is 0. The summed E-state index contributed by atoms with van der Waals surface area (Å²) in [5, 5.41) is 0. The molecular formula is C13H24N2O2. The van der Waals surface area contributed by atoms with E-state index in [1.807, 2.05) is 0 Å². The first-order valence-electron chi connectivity index (χ1n) is 6.95. The van der Waals surface area contributed by atoms with Crippen molar-refractivity contribution in [2.24, 2.45) is 5.73 Å². The Hall–Kier alpha value is -0.610. The van der Waals surface area contributed by atoms with E-state index in [4.69, 9.17) is 10.5 Å². The molecule has 2 N–H and O–H groups in total. The van der Waals surface area contributed by atoms with E-state index in [0.717, 1.165) is 6.54 Å². The van der Waals surface area contributed by atoms with Gasteiger partial charge in [0.05, 0.1) is 6.61 Å². The van der Waals surface area contributed by atoms with Gasteiger partial charge in [-0.3, -0.25) is 4.79 Å². The summed E-state index contributed by atoms with van der Waals surface area (Å²) in [6.07, 6.45) is 7.87. The molecule has 0 aromatic carbocycles. The number of amides is 1. The number of ether oxygens (including phenoxy) is 1. The fourth-order valence-corrected chi connectivity index (χ4v) is 2.95. The predicted molar refractivity (Wildman–Crippen MR) is 66.6 cm³/mol. The van der Waals surface area contributed by atoms with Crippen LogP contribution in [-0.2, 0) is 9.53 Å². The van der Waals surface area contributed by atoms with Gasteiger partial charge in [0.15, 0.2) is 0 Å². The molecule has 0 aromatic rings. The van der Waals surface area contributed by atoms with E-state index in [9.17, 15) is 4.79 Å². The van der Waals surface area contributed by atoms with E-state index in [-0.39, 0.29) is 12.0 Å². The van der Waals surface area contributed by atoms with Crippen LogP contribution in [0.1, 0.15) is 44.9 Å². The van der Waals surface area contributed by atoms with Crippen molar-refractivity contribution in [1.82, 2.24) is 4.90 Å². The summed E-state index contributed by atoms with van der Waals surface area (Å²) in [6, 6.07) is 0.453. The van der Waals surface area contributed by atoms with Crippen molar-refractivity contribution in [2.75, 3.05) is 19.7 Å². The number of nitrogens with two attached hydrogens (primary N) is 1. The predicted octanol–water partition coefficient (Wildman–Crippen LogP) is 1.29. The molecule has 0 bridgehead atoms. The van der Waals surface area contributed by atoms with Crippen molar-refractivity contribution in [1.29, 1.82) is 0 Å². The fourth-order valence-electron chi connectivity index (χ4n) is 2.95. The maximum absolute atomic E-state index is 12.3. The smallest absolute Gasteiger partial charge is 0.252 e. The second-order valence-corrected chi connectivity index (χ2v) is 5.11. The number of nitrogens with zero attached hydrogens (tertiary/aromatic N) is 1. The zero-order valence-corrected chi connectivity index (χ0v) is 10.6. The zero-order chi connectivity index (χ0) is 12.1. The summed E-state index contributed by atoms with van der Waals surface area (Å²) in [7, 11) is 0. The quantitative estimate of drug-likeness (QED) is 0.756. The first kappa shape index (κ1) is 12.8. The minimum absolute atomic E-state index is 0.175. The molecule has 2 rings (SSSR count). The van der Waals surface area contributed by atoms with Gasteiger partial charge in [-0.05, 0) is 25.8 Å². The second kappa shape index (κ2) is 6.36. The SMILES string of the molecule is NCCC1OCCN(C2CCCCCC2)C1=O. The van der Waals surface area contributed by atoms with Crippen molar-refractivity contribution in [3.63, 3.8) is 0 Å². The van der Waals surface area contributed by atoms with Gasteiger partial charge in [-0.15, -0.1) is 0 Å². The number of carbonyl (C=O) groups is 1. The molecule has 17 heavy (non-hydrogen) atoms. The maximum Gasteiger partial charge on any atom is 0.252 e. The highest BCUT2D eigenvalue weighted by Gasteiger charge is 2.33. The highest BCUT2D eigenvalue weighted by Crippen LogP contribution is 2.24. The van der Waals surface area contributed by atoms with Crippen LogP contribution >= 0.6 is 0 Å². The van der Waals surface area contributed by atoms with Gasteiger partial charge in [0.2, 0.25) is 0 Å². The number of hydrogen-bond acceptors (Lipinski definition) is 3. The Morgan fingerprint density at radius 1 is 1.24 bits per heavy atom. The molecule has 4 heteroatoms. The van der Waals surface area contributed by atoms with Crippen LogP contribution in [0.3, 0.4) is 0 Å². The van der Waals surface area contributed by atoms with E-state index < -0.39 is 0 Å². The van der Waals surface area contributed by atoms with Crippen LogP contribution in [0, 0.1) is 0 Å². The molecule has 1 heterocycles. The summed E-state index contributed by atoms with van der Waals surface area (Å²) in [4.78, 5) is 14.3. The molecular weight excluding hydrogens is 216 g/mol. The van der Waals surface area contributed by atoms with Gasteiger partial charge in [0.1, 0.15) is 6.10 Å². The Morgan fingerprint density at radius 3 is 2.59 bits per heavy atom. The third-order valence-electron chi connectivity index (χ3n) is 3.90. The normalized spacial score (nSPS) is 28.2. The standard InChI is InChI=1S/C13H24N2O2/c14-8-7-12-13(16)15(9-10-17-12)11-5-3-1-2-4-6-11/h11-12H,1-10,14H2. The third-order valence-corrected chi connectivity index (χ3v) is 3.90. The van der Waals surface area contributed by atoms with Gasteiger partial charge in [-0.2, -0.15) is 0 Å². The first-order chi connectivity index (χ1) is 8.33. The van der Waals surface area contributed by atoms with Gasteiger partial charge in [-0.1, -0.05) is 25.7 Å². The van der Waals surface area contributed by atoms with Gasteiger partial charge < -0.3 is 15.4 Å². The van der Waals surface area contributed by atoms with E-state index in [1.165, 1.54) is 38.5 Å². The molecule has 2 fully saturated rings. The van der Waals surface area contributed by atoms with Crippen LogP contribution in [-0.4, -0.2) is 42.6 Å². The fraction of sp³-hybridized carbons (Fsp3) is 0.923. The minimum atomic E-state index is -0.281. The second-order valence-electron chi connectivity index (χ2n) is 5.11. The first-order valence-corrected chi connectivity index (χ1v) is 6.95. The summed E-state index contributed by atoms with van der Waals surface area (Å²) in [5.74, 6) is 0.175. The van der Waals surface area contributed by atoms with Gasteiger partial charge in [-0.25, -0.2) is 0 Å². The number of rotatable bonds is 3. The maximum atomic E-state index is 12.3. The molecule has 0 aromatic heterocycles. The Bertz CT molecular complexity index is 248. The lowest BCUT2D eigenvalue weighted by atomic mass is 10.0. The molecule has 2 aliphatic rings. The zero-order valence-electron chi connectivity index (χ0n) is 10.6. The van der Waals surface area contributed by atoms with Crippen LogP contribution in [0.15, 0.2) is 0 Å². The lowest BCUT2D eigenvalue weighted by Gasteiger charge is -2.37. The Morgan fingerprint density at radius 2 is 1.94 bits per heavy atom. The van der Waals surface area contributed by atoms with E-state index in [1.54, 1.807) is 0 Å². The molecule has 1 aliphatic carbocycles. The molecule has 0 radical (unpaired) electrons. The van der Waals surface area contributed by atoms with Crippen molar-refractivity contribution in [3.05, 3.63) is 0 Å². The van der Waals surface area contributed by atoms with Gasteiger partial charge >= 0.3 is 0 Å². The molecule has 1 atom stereocenters. The Labute approximate surface area is 103 Å². The van der Waals surface area contributed by atoms with Crippen molar-refractivity contribution in [2.45, 2.75) is 57.1 Å². The van der Waals surface area contributed by atoms with Crippen LogP contribution in [0.2, 0.25) is 0 Å². The topological polar surface area (TPSA) is 55.6 Å². The molecule has 98 valence electrons. The van der Waals surface area contributed by atoms with E-state index >= 15 is 0 Å². The number of morpholine rings is 1. The van der Waals surface area contributed by atoms with E-state index in [2.05, 4.69) is 4.90 Å². The molecule has 1 saturated heterocycles. The molecule has 1 aliphatic heterocycles. The van der Waals surface area contributed by atoms with Crippen LogP contribution in [0.4, 0.5) is 0 Å². The number of carbonyl (C=O) groups excluding carboxylic acids is 1. The molecule has 1 unspecified atom stereocenters. The van der Waals surface area contributed by atoms with E-state index in [0.29, 0.717) is 25.6 Å².